The lowest BCUT2D eigenvalue weighted by Crippen LogP contribution is -2.09. The van der Waals surface area contributed by atoms with Gasteiger partial charge in [0, 0.05) is 30.9 Å². The van der Waals surface area contributed by atoms with Crippen molar-refractivity contribution in [1.82, 2.24) is 9.55 Å². The second kappa shape index (κ2) is 5.69. The van der Waals surface area contributed by atoms with Crippen molar-refractivity contribution in [2.24, 2.45) is 0 Å². The highest BCUT2D eigenvalue weighted by Gasteiger charge is 2.15. The van der Waals surface area contributed by atoms with Gasteiger partial charge in [0.15, 0.2) is 0 Å². The molecule has 96 valence electrons. The zero-order chi connectivity index (χ0) is 13.0. The van der Waals surface area contributed by atoms with Gasteiger partial charge in [-0.1, -0.05) is 18.2 Å². The number of rotatable bonds is 5. The molecule has 0 aliphatic carbocycles. The number of hydrogen-bond acceptors (Lipinski definition) is 3. The Hall–Kier alpha value is -1.81. The van der Waals surface area contributed by atoms with Gasteiger partial charge < -0.3 is 14.4 Å². The molecule has 0 aliphatic heterocycles. The molecule has 0 bridgehead atoms. The van der Waals surface area contributed by atoms with Crippen LogP contribution in [-0.2, 0) is 13.0 Å². The zero-order valence-corrected chi connectivity index (χ0v) is 10.7. The van der Waals surface area contributed by atoms with E-state index < -0.39 is 6.10 Å². The van der Waals surface area contributed by atoms with Gasteiger partial charge in [-0.2, -0.15) is 0 Å². The summed E-state index contributed by atoms with van der Waals surface area (Å²) in [5.41, 5.74) is 0.797. The molecule has 0 fully saturated rings. The fourth-order valence-corrected chi connectivity index (χ4v) is 2.04. The average molecular weight is 246 g/mol. The Bertz CT molecular complexity index is 508. The highest BCUT2D eigenvalue weighted by Crippen LogP contribution is 2.26. The molecule has 0 radical (unpaired) electrons. The predicted molar refractivity (Wildman–Crippen MR) is 69.6 cm³/mol. The number of nitrogens with zero attached hydrogens (tertiary/aromatic N) is 2. The van der Waals surface area contributed by atoms with Crippen molar-refractivity contribution >= 4 is 0 Å². The van der Waals surface area contributed by atoms with Gasteiger partial charge in [-0.25, -0.2) is 4.98 Å². The molecule has 2 rings (SSSR count). The maximum absolute atomic E-state index is 10.3. The Kier molecular flexibility index (Phi) is 3.99. The molecule has 1 aromatic carbocycles. The summed E-state index contributed by atoms with van der Waals surface area (Å²) in [6.07, 6.45) is 3.56. The second-order valence-corrected chi connectivity index (χ2v) is 4.09. The molecule has 18 heavy (non-hydrogen) atoms. The summed E-state index contributed by atoms with van der Waals surface area (Å²) < 4.78 is 7.28. The van der Waals surface area contributed by atoms with Crippen molar-refractivity contribution in [3.8, 4) is 5.75 Å². The van der Waals surface area contributed by atoms with Gasteiger partial charge >= 0.3 is 0 Å². The van der Waals surface area contributed by atoms with E-state index in [1.807, 2.05) is 35.0 Å². The Morgan fingerprint density at radius 3 is 2.89 bits per heavy atom. The van der Waals surface area contributed by atoms with Gasteiger partial charge in [-0.3, -0.25) is 0 Å². The third-order valence-electron chi connectivity index (χ3n) is 3.02. The van der Waals surface area contributed by atoms with E-state index in [0.717, 1.165) is 17.9 Å². The van der Waals surface area contributed by atoms with Crippen LogP contribution in [-0.4, -0.2) is 21.8 Å². The molecule has 0 spiro atoms. The first-order chi connectivity index (χ1) is 8.76. The summed E-state index contributed by atoms with van der Waals surface area (Å²) in [7, 11) is 1.61. The molecule has 0 saturated heterocycles. The van der Waals surface area contributed by atoms with E-state index >= 15 is 0 Å². The number of methoxy groups -OCH3 is 1. The first-order valence-electron chi connectivity index (χ1n) is 6.07. The van der Waals surface area contributed by atoms with Gasteiger partial charge in [0.2, 0.25) is 0 Å². The lowest BCUT2D eigenvalue weighted by atomic mass is 10.1. The number of benzene rings is 1. The fourth-order valence-electron chi connectivity index (χ4n) is 2.04. The summed E-state index contributed by atoms with van der Waals surface area (Å²) >= 11 is 0. The molecule has 1 N–H and O–H groups in total. The summed E-state index contributed by atoms with van der Waals surface area (Å²) in [6.45, 7) is 2.91. The standard InChI is InChI=1S/C14H18N2O2/c1-3-16-9-8-15-14(16)10-12(17)11-6-4-5-7-13(11)18-2/h4-9,12,17H,3,10H2,1-2H3. The van der Waals surface area contributed by atoms with Gasteiger partial charge in [0.25, 0.3) is 0 Å². The molecule has 4 nitrogen and oxygen atoms in total. The van der Waals surface area contributed by atoms with E-state index in [2.05, 4.69) is 11.9 Å². The van der Waals surface area contributed by atoms with Crippen LogP contribution in [0.25, 0.3) is 0 Å². The molecular weight excluding hydrogens is 228 g/mol. The number of ether oxygens (including phenoxy) is 1. The minimum atomic E-state index is -0.603. The zero-order valence-electron chi connectivity index (χ0n) is 10.7. The molecule has 1 aromatic heterocycles. The second-order valence-electron chi connectivity index (χ2n) is 4.09. The van der Waals surface area contributed by atoms with E-state index in [-0.39, 0.29) is 0 Å². The fraction of sp³-hybridized carbons (Fsp3) is 0.357. The molecule has 4 heteroatoms. The van der Waals surface area contributed by atoms with Crippen molar-refractivity contribution in [2.75, 3.05) is 7.11 Å². The van der Waals surface area contributed by atoms with Gasteiger partial charge in [-0.15, -0.1) is 0 Å². The van der Waals surface area contributed by atoms with Crippen molar-refractivity contribution < 1.29 is 9.84 Å². The van der Waals surface area contributed by atoms with Crippen molar-refractivity contribution in [1.29, 1.82) is 0 Å². The van der Waals surface area contributed by atoms with Crippen molar-refractivity contribution in [3.05, 3.63) is 48.0 Å². The van der Waals surface area contributed by atoms with Crippen LogP contribution in [0.1, 0.15) is 24.4 Å². The predicted octanol–water partition coefficient (Wildman–Crippen LogP) is 2.19. The smallest absolute Gasteiger partial charge is 0.124 e. The number of aliphatic hydroxyl groups is 1. The van der Waals surface area contributed by atoms with E-state index in [0.29, 0.717) is 12.2 Å². The lowest BCUT2D eigenvalue weighted by molar-refractivity contribution is 0.170. The number of para-hydroxylation sites is 1. The summed E-state index contributed by atoms with van der Waals surface area (Å²) in [6, 6.07) is 7.52. The molecule has 1 heterocycles. The first kappa shape index (κ1) is 12.6. The molecule has 0 saturated carbocycles. The minimum Gasteiger partial charge on any atom is -0.496 e. The lowest BCUT2D eigenvalue weighted by Gasteiger charge is -2.14. The topological polar surface area (TPSA) is 47.3 Å². The van der Waals surface area contributed by atoms with Crippen molar-refractivity contribution in [2.45, 2.75) is 26.0 Å². The molecule has 1 unspecified atom stereocenters. The Labute approximate surface area is 107 Å². The number of imidazole rings is 1. The maximum Gasteiger partial charge on any atom is 0.124 e. The van der Waals surface area contributed by atoms with Gasteiger partial charge in [0.1, 0.15) is 11.6 Å². The summed E-state index contributed by atoms with van der Waals surface area (Å²) in [5, 5.41) is 10.3. The van der Waals surface area contributed by atoms with Crippen LogP contribution >= 0.6 is 0 Å². The summed E-state index contributed by atoms with van der Waals surface area (Å²) in [5.74, 6) is 1.59. The largest absolute Gasteiger partial charge is 0.496 e. The molecule has 2 aromatic rings. The minimum absolute atomic E-state index is 0.487. The van der Waals surface area contributed by atoms with Crippen LogP contribution in [0, 0.1) is 0 Å². The number of aromatic nitrogens is 2. The monoisotopic (exact) mass is 246 g/mol. The normalized spacial score (nSPS) is 12.4. The van der Waals surface area contributed by atoms with E-state index in [4.69, 9.17) is 4.74 Å². The van der Waals surface area contributed by atoms with Crippen LogP contribution in [0.15, 0.2) is 36.7 Å². The van der Waals surface area contributed by atoms with E-state index in [9.17, 15) is 5.11 Å². The van der Waals surface area contributed by atoms with Gasteiger partial charge in [0.05, 0.1) is 13.2 Å². The third-order valence-corrected chi connectivity index (χ3v) is 3.02. The van der Waals surface area contributed by atoms with Gasteiger partial charge in [-0.05, 0) is 13.0 Å². The molecule has 1 atom stereocenters. The number of aliphatic hydroxyl groups excluding tert-OH is 1. The van der Waals surface area contributed by atoms with Crippen molar-refractivity contribution in [3.63, 3.8) is 0 Å². The van der Waals surface area contributed by atoms with Crippen LogP contribution in [0.2, 0.25) is 0 Å². The molecular formula is C14H18N2O2. The van der Waals surface area contributed by atoms with Crippen LogP contribution in [0.3, 0.4) is 0 Å². The number of aryl methyl sites for hydroxylation is 1. The third kappa shape index (κ3) is 2.54. The highest BCUT2D eigenvalue weighted by atomic mass is 16.5. The Morgan fingerprint density at radius 1 is 1.39 bits per heavy atom. The quantitative estimate of drug-likeness (QED) is 0.879. The highest BCUT2D eigenvalue weighted by molar-refractivity contribution is 5.35. The first-order valence-corrected chi connectivity index (χ1v) is 6.07. The van der Waals surface area contributed by atoms with Crippen LogP contribution < -0.4 is 4.74 Å². The summed E-state index contributed by atoms with van der Waals surface area (Å²) in [4.78, 5) is 4.27. The van der Waals surface area contributed by atoms with E-state index in [1.165, 1.54) is 0 Å². The van der Waals surface area contributed by atoms with Crippen LogP contribution in [0.4, 0.5) is 0 Å². The van der Waals surface area contributed by atoms with Crippen LogP contribution in [0.5, 0.6) is 5.75 Å². The maximum atomic E-state index is 10.3. The molecule has 0 amide bonds. The average Bonchev–Trinajstić information content (AvgIpc) is 2.85. The molecule has 0 aliphatic rings. The Morgan fingerprint density at radius 2 is 2.17 bits per heavy atom. The van der Waals surface area contributed by atoms with E-state index in [1.54, 1.807) is 13.3 Å². The Balaban J connectivity index is 2.19. The SMILES string of the molecule is CCn1ccnc1CC(O)c1ccccc1OC. The number of hydrogen-bond donors (Lipinski definition) is 1.